The summed E-state index contributed by atoms with van der Waals surface area (Å²) in [6.45, 7) is 6.38. The number of aryl methyl sites for hydroxylation is 4. The fraction of sp³-hybridized carbons (Fsp3) is 0.103. The molecule has 0 amide bonds. The first-order valence-electron chi connectivity index (χ1n) is 15.7. The maximum Gasteiger partial charge on any atom is 0.244 e. The Balaban J connectivity index is 1.23. The van der Waals surface area contributed by atoms with Crippen LogP contribution in [0, 0.1) is 27.1 Å². The van der Waals surface area contributed by atoms with Crippen LogP contribution in [-0.4, -0.2) is 28.1 Å². The van der Waals surface area contributed by atoms with E-state index in [1.54, 1.807) is 0 Å². The van der Waals surface area contributed by atoms with Gasteiger partial charge in [0.1, 0.15) is 11.5 Å². The van der Waals surface area contributed by atoms with E-state index in [-0.39, 0.29) is 0 Å². The highest BCUT2D eigenvalue weighted by atomic mass is 16.5. The molecule has 228 valence electrons. The van der Waals surface area contributed by atoms with Crippen LogP contribution in [0.4, 0.5) is 0 Å². The van der Waals surface area contributed by atoms with Crippen LogP contribution in [0.5, 0.6) is 11.5 Å². The smallest absolute Gasteiger partial charge is 0.244 e. The topological polar surface area (TPSA) is 58.1 Å². The molecule has 8 nitrogen and oxygen atoms in total. The van der Waals surface area contributed by atoms with Crippen molar-refractivity contribution < 1.29 is 9.30 Å². The zero-order valence-electron chi connectivity index (χ0n) is 26.5. The van der Waals surface area contributed by atoms with Crippen LogP contribution in [0.1, 0.15) is 16.7 Å². The van der Waals surface area contributed by atoms with Crippen LogP contribution in [-0.2, 0) is 7.05 Å². The highest BCUT2D eigenvalue weighted by Crippen LogP contribution is 2.35. The standard InChI is InChI=1S/C39H31N7O/c1-25-10-8-17-34-36(25)41-39-45(34)33-19-18-30(23-35(33)46(39)38-40-20-21-43(38)37-26(2)11-7-12-27(37)3)47-29-14-9-13-28(22-29)44-24-42(4)31-15-5-6-16-32(31)44/h5-23H,1-4H3. The number of nitrogens with zero attached hydrogens (tertiary/aromatic N) is 7. The summed E-state index contributed by atoms with van der Waals surface area (Å²) in [6, 6.07) is 35.3. The van der Waals surface area contributed by atoms with Crippen molar-refractivity contribution in [2.45, 2.75) is 20.8 Å². The summed E-state index contributed by atoms with van der Waals surface area (Å²) < 4.78 is 17.2. The zero-order chi connectivity index (χ0) is 31.8. The molecule has 0 unspecified atom stereocenters. The van der Waals surface area contributed by atoms with Gasteiger partial charge in [-0.25, -0.2) is 14.5 Å². The van der Waals surface area contributed by atoms with Crippen molar-refractivity contribution in [3.05, 3.63) is 139 Å². The van der Waals surface area contributed by atoms with E-state index in [9.17, 15) is 0 Å². The van der Waals surface area contributed by atoms with Crippen LogP contribution < -0.4 is 9.30 Å². The summed E-state index contributed by atoms with van der Waals surface area (Å²) in [5, 5.41) is 0. The molecular weight excluding hydrogens is 582 g/mol. The third-order valence-corrected chi connectivity index (χ3v) is 9.04. The van der Waals surface area contributed by atoms with Gasteiger partial charge in [-0.1, -0.05) is 66.7 Å². The van der Waals surface area contributed by atoms with Crippen LogP contribution in [0.2, 0.25) is 0 Å². The Morgan fingerprint density at radius 2 is 1.45 bits per heavy atom. The van der Waals surface area contributed by atoms with Crippen LogP contribution in [0.25, 0.3) is 56.2 Å². The molecule has 0 aliphatic carbocycles. The molecule has 0 spiro atoms. The van der Waals surface area contributed by atoms with Gasteiger partial charge in [0.25, 0.3) is 0 Å². The monoisotopic (exact) mass is 613 g/mol. The van der Waals surface area contributed by atoms with E-state index < -0.39 is 0 Å². The maximum atomic E-state index is 6.57. The number of hydrogen-bond acceptors (Lipinski definition) is 3. The summed E-state index contributed by atoms with van der Waals surface area (Å²) in [7, 11) is 2.01. The lowest BCUT2D eigenvalue weighted by Gasteiger charge is -2.15. The van der Waals surface area contributed by atoms with E-state index in [4.69, 9.17) is 14.7 Å². The number of hydrogen-bond donors (Lipinski definition) is 0. The quantitative estimate of drug-likeness (QED) is 0.146. The van der Waals surface area contributed by atoms with Crippen molar-refractivity contribution in [2.24, 2.45) is 7.05 Å². The number of para-hydroxylation sites is 4. The van der Waals surface area contributed by atoms with Gasteiger partial charge in [-0.3, -0.25) is 8.97 Å². The third kappa shape index (κ3) is 4.11. The number of aromatic nitrogens is 7. The predicted octanol–water partition coefficient (Wildman–Crippen LogP) is 7.90. The molecule has 9 aromatic rings. The van der Waals surface area contributed by atoms with Gasteiger partial charge in [-0.15, -0.1) is 0 Å². The van der Waals surface area contributed by atoms with E-state index in [1.165, 1.54) is 11.1 Å². The fourth-order valence-corrected chi connectivity index (χ4v) is 6.89. The van der Waals surface area contributed by atoms with E-state index in [1.807, 2.05) is 60.4 Å². The van der Waals surface area contributed by atoms with Gasteiger partial charge in [0.2, 0.25) is 18.1 Å². The van der Waals surface area contributed by atoms with Crippen molar-refractivity contribution in [2.75, 3.05) is 0 Å². The van der Waals surface area contributed by atoms with Crippen LogP contribution in [0.3, 0.4) is 0 Å². The Morgan fingerprint density at radius 3 is 2.32 bits per heavy atom. The number of imidazole rings is 4. The summed E-state index contributed by atoms with van der Waals surface area (Å²) in [6.07, 6.45) is 7.29. The second-order valence-electron chi connectivity index (χ2n) is 12.1. The minimum atomic E-state index is 0.717. The molecule has 0 saturated carbocycles. The largest absolute Gasteiger partial charge is 0.458 e. The Kier molecular flexibility index (Phi) is 5.89. The van der Waals surface area contributed by atoms with Crippen LogP contribution >= 0.6 is 0 Å². The molecule has 4 heterocycles. The maximum absolute atomic E-state index is 6.57. The highest BCUT2D eigenvalue weighted by Gasteiger charge is 2.22. The first kappa shape index (κ1) is 27.2. The Morgan fingerprint density at radius 1 is 0.702 bits per heavy atom. The molecule has 8 heteroatoms. The lowest BCUT2D eigenvalue weighted by molar-refractivity contribution is -0.649. The van der Waals surface area contributed by atoms with Crippen molar-refractivity contribution in [3.8, 4) is 28.8 Å². The normalized spacial score (nSPS) is 11.8. The molecule has 4 aromatic heterocycles. The SMILES string of the molecule is Cc1cccc(C)c1-n1ccnc1-n1c2cc(Oc3cccc(-n4[c-][n+](C)c5ccccc54)c3)ccc2n2c3cccc(C)c3nc12. The van der Waals surface area contributed by atoms with Gasteiger partial charge in [-0.2, -0.15) is 0 Å². The average molecular weight is 614 g/mol. The van der Waals surface area contributed by atoms with Crippen LogP contribution in [0.15, 0.2) is 116 Å². The molecule has 0 atom stereocenters. The number of benzene rings is 5. The first-order chi connectivity index (χ1) is 23.0. The predicted molar refractivity (Wildman–Crippen MR) is 184 cm³/mol. The first-order valence-corrected chi connectivity index (χ1v) is 15.7. The summed E-state index contributed by atoms with van der Waals surface area (Å²) >= 11 is 0. The van der Waals surface area contributed by atoms with Gasteiger partial charge in [0.05, 0.1) is 51.5 Å². The molecule has 0 bridgehead atoms. The molecule has 0 aliphatic rings. The van der Waals surface area contributed by atoms with Gasteiger partial charge in [-0.05, 0) is 67.8 Å². The molecule has 47 heavy (non-hydrogen) atoms. The highest BCUT2D eigenvalue weighted by molar-refractivity contribution is 5.93. The van der Waals surface area contributed by atoms with Crippen molar-refractivity contribution in [3.63, 3.8) is 0 Å². The molecule has 9 rings (SSSR count). The van der Waals surface area contributed by atoms with Crippen molar-refractivity contribution in [1.29, 1.82) is 0 Å². The second-order valence-corrected chi connectivity index (χ2v) is 12.1. The molecule has 0 radical (unpaired) electrons. The fourth-order valence-electron chi connectivity index (χ4n) is 6.89. The Bertz CT molecular complexity index is 2650. The van der Waals surface area contributed by atoms with E-state index >= 15 is 0 Å². The van der Waals surface area contributed by atoms with Gasteiger partial charge in [0, 0.05) is 18.5 Å². The third-order valence-electron chi connectivity index (χ3n) is 9.04. The van der Waals surface area contributed by atoms with Crippen molar-refractivity contribution in [1.82, 2.24) is 28.1 Å². The summed E-state index contributed by atoms with van der Waals surface area (Å²) in [5.41, 5.74) is 11.7. The van der Waals surface area contributed by atoms with Gasteiger partial charge < -0.3 is 13.9 Å². The van der Waals surface area contributed by atoms with E-state index in [0.29, 0.717) is 5.75 Å². The van der Waals surface area contributed by atoms with E-state index in [2.05, 4.69) is 112 Å². The molecule has 0 saturated heterocycles. The Labute approximate surface area is 271 Å². The number of rotatable bonds is 5. The number of ether oxygens (including phenoxy) is 1. The van der Waals surface area contributed by atoms with Gasteiger partial charge >= 0.3 is 0 Å². The Hall–Kier alpha value is -6.15. The summed E-state index contributed by atoms with van der Waals surface area (Å²) in [4.78, 5) is 10.1. The molecular formula is C39H31N7O. The van der Waals surface area contributed by atoms with Crippen molar-refractivity contribution >= 4 is 38.9 Å². The number of fused-ring (bicyclic) bond motifs is 6. The minimum Gasteiger partial charge on any atom is -0.458 e. The lowest BCUT2D eigenvalue weighted by Crippen LogP contribution is -2.26. The molecule has 5 aromatic carbocycles. The molecule has 0 fully saturated rings. The minimum absolute atomic E-state index is 0.717. The zero-order valence-corrected chi connectivity index (χ0v) is 26.5. The molecule has 0 N–H and O–H groups in total. The lowest BCUT2D eigenvalue weighted by atomic mass is 10.1. The van der Waals surface area contributed by atoms with Gasteiger partial charge in [0.15, 0.2) is 0 Å². The average Bonchev–Trinajstić information content (AvgIpc) is 3.84. The molecule has 0 aliphatic heterocycles. The summed E-state index contributed by atoms with van der Waals surface area (Å²) in [5.74, 6) is 3.01. The second kappa shape index (κ2) is 10.2. The van der Waals surface area contributed by atoms with E-state index in [0.717, 1.165) is 67.5 Å².